The number of nitrogens with one attached hydrogen (secondary N) is 1. The molecular formula is C28H32N4O6. The van der Waals surface area contributed by atoms with E-state index in [4.69, 9.17) is 14.2 Å². The summed E-state index contributed by atoms with van der Waals surface area (Å²) in [5.41, 5.74) is 2.71. The Labute approximate surface area is 221 Å². The number of imidazole rings is 1. The Balaban J connectivity index is 1.68. The minimum Gasteiger partial charge on any atom is -0.871 e. The predicted molar refractivity (Wildman–Crippen MR) is 137 cm³/mol. The fourth-order valence-electron chi connectivity index (χ4n) is 5.38. The number of carbonyl (C=O) groups excluding carboxylic acids is 2. The van der Waals surface area contributed by atoms with Crippen molar-refractivity contribution in [2.24, 2.45) is 0 Å². The molecule has 3 aromatic rings. The maximum atomic E-state index is 14.2. The van der Waals surface area contributed by atoms with Crippen molar-refractivity contribution in [3.8, 4) is 11.5 Å². The van der Waals surface area contributed by atoms with Crippen molar-refractivity contribution in [3.05, 3.63) is 64.6 Å². The van der Waals surface area contributed by atoms with Gasteiger partial charge in [0, 0.05) is 17.3 Å². The maximum absolute atomic E-state index is 14.2. The molecule has 0 bridgehead atoms. The zero-order chi connectivity index (χ0) is 27.0. The number of aromatic nitrogens is 2. The molecule has 1 N–H and O–H groups in total. The Kier molecular flexibility index (Phi) is 7.09. The molecule has 38 heavy (non-hydrogen) atoms. The predicted octanol–water partition coefficient (Wildman–Crippen LogP) is 0.107. The van der Waals surface area contributed by atoms with Gasteiger partial charge in [0.05, 0.1) is 58.0 Å². The lowest BCUT2D eigenvalue weighted by atomic mass is 9.95. The molecule has 0 spiro atoms. The van der Waals surface area contributed by atoms with E-state index in [2.05, 4.69) is 4.98 Å². The number of nitrogens with zero attached hydrogens (tertiary/aromatic N) is 3. The average molecular weight is 521 g/mol. The van der Waals surface area contributed by atoms with Crippen LogP contribution in [-0.4, -0.2) is 79.6 Å². The van der Waals surface area contributed by atoms with E-state index in [1.165, 1.54) is 24.0 Å². The fraction of sp³-hybridized carbons (Fsp3) is 0.393. The number of ketones is 1. The highest BCUT2D eigenvalue weighted by Crippen LogP contribution is 2.43. The van der Waals surface area contributed by atoms with Crippen LogP contribution in [0.1, 0.15) is 28.6 Å². The highest BCUT2D eigenvalue weighted by molar-refractivity contribution is 6.46. The number of morpholine rings is 1. The lowest BCUT2D eigenvalue weighted by Crippen LogP contribution is -3.14. The van der Waals surface area contributed by atoms with Crippen LogP contribution in [0.4, 0.5) is 0 Å². The van der Waals surface area contributed by atoms with Gasteiger partial charge >= 0.3 is 0 Å². The molecule has 1 atom stereocenters. The van der Waals surface area contributed by atoms with Gasteiger partial charge in [-0.15, -0.1) is 0 Å². The van der Waals surface area contributed by atoms with Crippen molar-refractivity contribution < 1.29 is 33.8 Å². The molecule has 1 aromatic carbocycles. The molecule has 2 saturated heterocycles. The first kappa shape index (κ1) is 25.7. The number of quaternary nitrogens is 1. The number of carbonyl (C=O) groups is 2. The molecule has 2 fully saturated rings. The number of pyridine rings is 1. The van der Waals surface area contributed by atoms with Crippen LogP contribution in [0.25, 0.3) is 11.4 Å². The first-order valence-electron chi connectivity index (χ1n) is 12.7. The number of methoxy groups -OCH3 is 2. The molecule has 1 amide bonds. The number of aryl methyl sites for hydroxylation is 2. The van der Waals surface area contributed by atoms with Gasteiger partial charge in [0.1, 0.15) is 30.2 Å². The normalized spacial score (nSPS) is 19.9. The summed E-state index contributed by atoms with van der Waals surface area (Å²) in [5.74, 6) is -1.03. The van der Waals surface area contributed by atoms with Crippen LogP contribution in [-0.2, 0) is 14.3 Å². The molecule has 0 radical (unpaired) electrons. The third-order valence-electron chi connectivity index (χ3n) is 7.40. The van der Waals surface area contributed by atoms with Crippen LogP contribution in [0.5, 0.6) is 11.5 Å². The first-order chi connectivity index (χ1) is 18.3. The Morgan fingerprint density at radius 1 is 1.16 bits per heavy atom. The smallest absolute Gasteiger partial charge is 0.295 e. The number of ether oxygens (including phenoxy) is 3. The second-order valence-corrected chi connectivity index (χ2v) is 9.62. The summed E-state index contributed by atoms with van der Waals surface area (Å²) >= 11 is 0. The number of hydrogen-bond acceptors (Lipinski definition) is 7. The molecule has 2 aliphatic heterocycles. The van der Waals surface area contributed by atoms with Gasteiger partial charge < -0.3 is 33.5 Å². The fourth-order valence-corrected chi connectivity index (χ4v) is 5.38. The Morgan fingerprint density at radius 3 is 2.63 bits per heavy atom. The standard InChI is InChI=1S/C28H32N4O6/c1-17-6-5-9-31-23(18(2)29-27(17)31)25(33)22-24(20-16-19(36-3)7-8-21(20)37-4)32(28(35)26(22)34)11-10-30-12-14-38-15-13-30/h5-9,16,24,33H,10-15H2,1-4H3. The monoisotopic (exact) mass is 520 g/mol. The van der Waals surface area contributed by atoms with Crippen LogP contribution >= 0.6 is 0 Å². The Bertz CT molecular complexity index is 1420. The summed E-state index contributed by atoms with van der Waals surface area (Å²) < 4.78 is 18.2. The summed E-state index contributed by atoms with van der Waals surface area (Å²) in [7, 11) is 3.06. The van der Waals surface area contributed by atoms with Crippen molar-refractivity contribution in [2.75, 3.05) is 53.6 Å². The minimum absolute atomic E-state index is 0.107. The number of hydrogen-bond donors (Lipinski definition) is 1. The Hall–Kier alpha value is -3.89. The number of fused-ring (bicyclic) bond motifs is 1. The van der Waals surface area contributed by atoms with E-state index in [0.717, 1.165) is 18.7 Å². The molecule has 0 saturated carbocycles. The van der Waals surface area contributed by atoms with Crippen molar-refractivity contribution in [1.29, 1.82) is 0 Å². The van der Waals surface area contributed by atoms with Gasteiger partial charge in [-0.2, -0.15) is 0 Å². The van der Waals surface area contributed by atoms with Crippen molar-refractivity contribution >= 4 is 23.1 Å². The molecular weight excluding hydrogens is 488 g/mol. The first-order valence-corrected chi connectivity index (χ1v) is 12.7. The summed E-state index contributed by atoms with van der Waals surface area (Å²) in [6.45, 7) is 7.51. The van der Waals surface area contributed by atoms with Crippen LogP contribution in [0, 0.1) is 13.8 Å². The van der Waals surface area contributed by atoms with E-state index < -0.39 is 23.5 Å². The summed E-state index contributed by atoms with van der Waals surface area (Å²) in [6, 6.07) is 7.99. The van der Waals surface area contributed by atoms with Crippen molar-refractivity contribution in [2.45, 2.75) is 19.9 Å². The van der Waals surface area contributed by atoms with E-state index in [1.807, 2.05) is 19.1 Å². The zero-order valence-corrected chi connectivity index (χ0v) is 22.1. The van der Waals surface area contributed by atoms with E-state index in [9.17, 15) is 14.7 Å². The SMILES string of the molecule is COc1ccc(OC)c(C2C(=C([O-])c3c(C)nc4c(C)cccn34)C(=O)C(=O)N2CC[NH+]2CCOCC2)c1. The quantitative estimate of drug-likeness (QED) is 0.268. The Morgan fingerprint density at radius 2 is 1.92 bits per heavy atom. The number of amides is 1. The van der Waals surface area contributed by atoms with Crippen LogP contribution in [0.2, 0.25) is 0 Å². The van der Waals surface area contributed by atoms with E-state index in [1.54, 1.807) is 35.7 Å². The average Bonchev–Trinajstić information content (AvgIpc) is 3.41. The lowest BCUT2D eigenvalue weighted by molar-refractivity contribution is -0.907. The second-order valence-electron chi connectivity index (χ2n) is 9.62. The molecule has 2 aromatic heterocycles. The van der Waals surface area contributed by atoms with E-state index >= 15 is 0 Å². The van der Waals surface area contributed by atoms with Gasteiger partial charge in [-0.05, 0) is 43.7 Å². The molecule has 200 valence electrons. The van der Waals surface area contributed by atoms with Crippen molar-refractivity contribution in [1.82, 2.24) is 14.3 Å². The van der Waals surface area contributed by atoms with Crippen molar-refractivity contribution in [3.63, 3.8) is 0 Å². The van der Waals surface area contributed by atoms with Gasteiger partial charge in [-0.3, -0.25) is 9.59 Å². The van der Waals surface area contributed by atoms with E-state index in [-0.39, 0.29) is 11.3 Å². The van der Waals surface area contributed by atoms with Gasteiger partial charge in [0.2, 0.25) is 5.78 Å². The molecule has 4 heterocycles. The second kappa shape index (κ2) is 10.5. The highest BCUT2D eigenvalue weighted by atomic mass is 16.5. The van der Waals surface area contributed by atoms with Gasteiger partial charge in [-0.1, -0.05) is 11.8 Å². The van der Waals surface area contributed by atoms with Gasteiger partial charge in [0.25, 0.3) is 5.91 Å². The van der Waals surface area contributed by atoms with Crippen LogP contribution in [0.15, 0.2) is 42.1 Å². The molecule has 10 nitrogen and oxygen atoms in total. The zero-order valence-electron chi connectivity index (χ0n) is 22.1. The number of likely N-dealkylation sites (tertiary alicyclic amines) is 1. The lowest BCUT2D eigenvalue weighted by Gasteiger charge is -2.30. The topological polar surface area (TPSA) is 110 Å². The number of benzene rings is 1. The van der Waals surface area contributed by atoms with Gasteiger partial charge in [0.15, 0.2) is 0 Å². The highest BCUT2D eigenvalue weighted by Gasteiger charge is 2.46. The summed E-state index contributed by atoms with van der Waals surface area (Å²) in [6.07, 6.45) is 1.75. The summed E-state index contributed by atoms with van der Waals surface area (Å²) in [4.78, 5) is 34.4. The van der Waals surface area contributed by atoms with Crippen LogP contribution in [0.3, 0.4) is 0 Å². The van der Waals surface area contributed by atoms with Crippen LogP contribution < -0.4 is 19.5 Å². The molecule has 10 heteroatoms. The summed E-state index contributed by atoms with van der Waals surface area (Å²) in [5, 5.41) is 14.2. The molecule has 2 aliphatic rings. The minimum atomic E-state index is -0.928. The third-order valence-corrected chi connectivity index (χ3v) is 7.40. The molecule has 0 aliphatic carbocycles. The largest absolute Gasteiger partial charge is 0.871 e. The third kappa shape index (κ3) is 4.39. The number of Topliss-reactive ketones (excluding diaryl/α,β-unsaturated/α-hetero) is 1. The van der Waals surface area contributed by atoms with Gasteiger partial charge in [-0.25, -0.2) is 4.98 Å². The maximum Gasteiger partial charge on any atom is 0.295 e. The molecule has 1 unspecified atom stereocenters. The number of rotatable bonds is 7. The molecule has 5 rings (SSSR count). The van der Waals surface area contributed by atoms with E-state index in [0.29, 0.717) is 54.7 Å².